The summed E-state index contributed by atoms with van der Waals surface area (Å²) in [5, 5.41) is 0.0760. The zero-order valence-corrected chi connectivity index (χ0v) is 14.4. The fraction of sp³-hybridized carbons (Fsp3) is 0.375. The number of aromatic nitrogens is 2. The number of H-pyrrole nitrogens is 1. The van der Waals surface area contributed by atoms with Gasteiger partial charge in [-0.3, -0.25) is 4.79 Å². The molecule has 8 heteroatoms. The van der Waals surface area contributed by atoms with E-state index < -0.39 is 23.5 Å². The molecule has 2 aromatic rings. The Morgan fingerprint density at radius 1 is 1.21 bits per heavy atom. The van der Waals surface area contributed by atoms with E-state index in [9.17, 15) is 18.0 Å². The molecule has 0 spiro atoms. The van der Waals surface area contributed by atoms with Gasteiger partial charge in [0.15, 0.2) is 16.5 Å². The Morgan fingerprint density at radius 2 is 1.79 bits per heavy atom. The molecule has 1 N–H and O–H groups in total. The number of alkyl halides is 3. The molecule has 0 aliphatic heterocycles. The molecule has 0 fully saturated rings. The number of halogens is 3. The number of carbonyl (C=O) groups excluding carboxylic acids is 1. The number of aromatic amines is 1. The summed E-state index contributed by atoms with van der Waals surface area (Å²) in [6.45, 7) is 2.05. The summed E-state index contributed by atoms with van der Waals surface area (Å²) < 4.78 is 39.2. The molecule has 0 aliphatic carbocycles. The zero-order chi connectivity index (χ0) is 17.9. The van der Waals surface area contributed by atoms with Gasteiger partial charge in [0.25, 0.3) is 5.91 Å². The third-order valence-electron chi connectivity index (χ3n) is 3.38. The number of benzene rings is 1. The van der Waals surface area contributed by atoms with Crippen LogP contribution in [0, 0.1) is 0 Å². The van der Waals surface area contributed by atoms with Crippen LogP contribution in [0.5, 0.6) is 0 Å². The maximum absolute atomic E-state index is 13.1. The van der Waals surface area contributed by atoms with Gasteiger partial charge in [0, 0.05) is 19.8 Å². The minimum Gasteiger partial charge on any atom is -0.343 e. The standard InChI is InChI=1S/C16H18F3N3OS/c1-4-10-5-7-11(8-6-10)9-24-15-20-12(14(23)22(2)3)13(21-15)16(17,18)19/h5-8H,4,9H2,1-3H3,(H,20,21). The molecule has 1 aromatic heterocycles. The first kappa shape index (κ1) is 18.4. The van der Waals surface area contributed by atoms with E-state index in [-0.39, 0.29) is 5.16 Å². The summed E-state index contributed by atoms with van der Waals surface area (Å²) in [5.41, 5.74) is 0.462. The molecule has 130 valence electrons. The van der Waals surface area contributed by atoms with Crippen molar-refractivity contribution in [3.63, 3.8) is 0 Å². The summed E-state index contributed by atoms with van der Waals surface area (Å²) in [7, 11) is 2.78. The Labute approximate surface area is 142 Å². The van der Waals surface area contributed by atoms with Crippen molar-refractivity contribution in [2.24, 2.45) is 0 Å². The Morgan fingerprint density at radius 3 is 2.29 bits per heavy atom. The summed E-state index contributed by atoms with van der Waals surface area (Å²) >= 11 is 1.13. The summed E-state index contributed by atoms with van der Waals surface area (Å²) in [6.07, 6.45) is -3.73. The van der Waals surface area contributed by atoms with Crippen LogP contribution in [0.2, 0.25) is 0 Å². The van der Waals surface area contributed by atoms with E-state index >= 15 is 0 Å². The van der Waals surface area contributed by atoms with Gasteiger partial charge in [0.2, 0.25) is 0 Å². The van der Waals surface area contributed by atoms with Crippen molar-refractivity contribution in [1.82, 2.24) is 14.9 Å². The van der Waals surface area contributed by atoms with E-state index in [1.807, 2.05) is 24.3 Å². The summed E-state index contributed by atoms with van der Waals surface area (Å²) in [5.74, 6) is -0.317. The average molecular weight is 357 g/mol. The number of rotatable bonds is 5. The fourth-order valence-electron chi connectivity index (χ4n) is 2.01. The highest BCUT2D eigenvalue weighted by Gasteiger charge is 2.39. The molecule has 0 aliphatic rings. The van der Waals surface area contributed by atoms with Gasteiger partial charge in [-0.1, -0.05) is 43.0 Å². The van der Waals surface area contributed by atoms with Crippen molar-refractivity contribution in [2.75, 3.05) is 14.1 Å². The van der Waals surface area contributed by atoms with E-state index in [1.165, 1.54) is 19.7 Å². The first-order valence-electron chi connectivity index (χ1n) is 7.31. The van der Waals surface area contributed by atoms with Crippen LogP contribution < -0.4 is 0 Å². The van der Waals surface area contributed by atoms with Gasteiger partial charge in [-0.15, -0.1) is 0 Å². The van der Waals surface area contributed by atoms with Gasteiger partial charge in [-0.2, -0.15) is 13.2 Å². The van der Waals surface area contributed by atoms with Gasteiger partial charge in [-0.25, -0.2) is 4.98 Å². The maximum atomic E-state index is 13.1. The van der Waals surface area contributed by atoms with Crippen LogP contribution in [0.25, 0.3) is 0 Å². The first-order chi connectivity index (χ1) is 11.2. The van der Waals surface area contributed by atoms with Crippen molar-refractivity contribution in [3.05, 3.63) is 46.8 Å². The Balaban J connectivity index is 2.19. The lowest BCUT2D eigenvalue weighted by Crippen LogP contribution is -2.25. The molecule has 0 atom stereocenters. The van der Waals surface area contributed by atoms with Crippen LogP contribution in [0.4, 0.5) is 13.2 Å². The molecule has 0 saturated carbocycles. The lowest BCUT2D eigenvalue weighted by atomic mass is 10.1. The molecular weight excluding hydrogens is 339 g/mol. The third kappa shape index (κ3) is 4.31. The van der Waals surface area contributed by atoms with Crippen LogP contribution in [0.3, 0.4) is 0 Å². The molecule has 1 aromatic carbocycles. The highest BCUT2D eigenvalue weighted by atomic mass is 32.2. The minimum absolute atomic E-state index is 0.0760. The zero-order valence-electron chi connectivity index (χ0n) is 13.6. The van der Waals surface area contributed by atoms with Crippen LogP contribution >= 0.6 is 11.8 Å². The maximum Gasteiger partial charge on any atom is 0.433 e. The minimum atomic E-state index is -4.66. The van der Waals surface area contributed by atoms with Crippen molar-refractivity contribution < 1.29 is 18.0 Å². The molecule has 0 bridgehead atoms. The van der Waals surface area contributed by atoms with E-state index in [2.05, 4.69) is 16.9 Å². The lowest BCUT2D eigenvalue weighted by molar-refractivity contribution is -0.141. The smallest absolute Gasteiger partial charge is 0.343 e. The molecular formula is C16H18F3N3OS. The number of nitrogens with one attached hydrogen (secondary N) is 1. The van der Waals surface area contributed by atoms with Gasteiger partial charge in [0.1, 0.15) is 0 Å². The number of amides is 1. The molecule has 2 rings (SSSR count). The van der Waals surface area contributed by atoms with Crippen molar-refractivity contribution in [2.45, 2.75) is 30.4 Å². The lowest BCUT2D eigenvalue weighted by Gasteiger charge is -2.10. The van der Waals surface area contributed by atoms with Crippen molar-refractivity contribution in [3.8, 4) is 0 Å². The van der Waals surface area contributed by atoms with Crippen molar-refractivity contribution >= 4 is 17.7 Å². The largest absolute Gasteiger partial charge is 0.433 e. The highest BCUT2D eigenvalue weighted by Crippen LogP contribution is 2.33. The van der Waals surface area contributed by atoms with E-state index in [4.69, 9.17) is 0 Å². The predicted molar refractivity (Wildman–Crippen MR) is 87.0 cm³/mol. The Kier molecular flexibility index (Phi) is 5.58. The second-order valence-electron chi connectivity index (χ2n) is 5.42. The number of aryl methyl sites for hydroxylation is 1. The van der Waals surface area contributed by atoms with Crippen LogP contribution in [0.15, 0.2) is 29.4 Å². The topological polar surface area (TPSA) is 49.0 Å². The SMILES string of the molecule is CCc1ccc(CSc2nc(C(=O)N(C)C)c(C(F)(F)F)[nH]2)cc1. The highest BCUT2D eigenvalue weighted by molar-refractivity contribution is 7.98. The second-order valence-corrected chi connectivity index (χ2v) is 6.39. The number of nitrogens with zero attached hydrogens (tertiary/aromatic N) is 2. The van der Waals surface area contributed by atoms with E-state index in [1.54, 1.807) is 0 Å². The van der Waals surface area contributed by atoms with Gasteiger partial charge in [-0.05, 0) is 17.5 Å². The monoisotopic (exact) mass is 357 g/mol. The van der Waals surface area contributed by atoms with Crippen LogP contribution in [-0.4, -0.2) is 34.9 Å². The molecule has 24 heavy (non-hydrogen) atoms. The number of carbonyl (C=O) groups is 1. The number of imidazole rings is 1. The molecule has 0 radical (unpaired) electrons. The predicted octanol–water partition coefficient (Wildman–Crippen LogP) is 3.99. The summed E-state index contributed by atoms with van der Waals surface area (Å²) in [6, 6.07) is 7.84. The average Bonchev–Trinajstić information content (AvgIpc) is 2.97. The van der Waals surface area contributed by atoms with Crippen LogP contribution in [-0.2, 0) is 18.3 Å². The Bertz CT molecular complexity index is 708. The van der Waals surface area contributed by atoms with Gasteiger partial charge >= 0.3 is 6.18 Å². The van der Waals surface area contributed by atoms with Crippen molar-refractivity contribution in [1.29, 1.82) is 0 Å². The molecule has 1 amide bonds. The number of hydrogen-bond donors (Lipinski definition) is 1. The second kappa shape index (κ2) is 7.29. The third-order valence-corrected chi connectivity index (χ3v) is 4.33. The molecule has 1 heterocycles. The fourth-order valence-corrected chi connectivity index (χ4v) is 2.84. The quantitative estimate of drug-likeness (QED) is 0.824. The first-order valence-corrected chi connectivity index (χ1v) is 8.30. The molecule has 4 nitrogen and oxygen atoms in total. The number of thioether (sulfide) groups is 1. The Hall–Kier alpha value is -1.96. The van der Waals surface area contributed by atoms with E-state index in [0.29, 0.717) is 5.75 Å². The molecule has 0 saturated heterocycles. The van der Waals surface area contributed by atoms with Gasteiger partial charge < -0.3 is 9.88 Å². The summed E-state index contributed by atoms with van der Waals surface area (Å²) in [4.78, 5) is 19.0. The normalized spacial score (nSPS) is 11.6. The van der Waals surface area contributed by atoms with E-state index in [0.717, 1.165) is 28.6 Å². The van der Waals surface area contributed by atoms with Crippen LogP contribution in [0.1, 0.15) is 34.2 Å². The molecule has 0 unspecified atom stereocenters. The number of hydrogen-bond acceptors (Lipinski definition) is 3. The van der Waals surface area contributed by atoms with Gasteiger partial charge in [0.05, 0.1) is 0 Å².